The summed E-state index contributed by atoms with van der Waals surface area (Å²) in [6, 6.07) is 5.39. The van der Waals surface area contributed by atoms with Crippen molar-refractivity contribution in [2.45, 2.75) is 31.9 Å². The van der Waals surface area contributed by atoms with Gasteiger partial charge in [-0.05, 0) is 44.5 Å². The van der Waals surface area contributed by atoms with Gasteiger partial charge in [0, 0.05) is 6.54 Å². The second-order valence-corrected chi connectivity index (χ2v) is 5.10. The summed E-state index contributed by atoms with van der Waals surface area (Å²) in [5.41, 5.74) is 0.0663. The topological polar surface area (TPSA) is 40.5 Å². The Labute approximate surface area is 122 Å². The molecule has 0 radical (unpaired) electrons. The molecular formula is C15H20F3NO2. The number of carboxylic acids is 1. The van der Waals surface area contributed by atoms with E-state index in [1.807, 2.05) is 11.9 Å². The zero-order valence-electron chi connectivity index (χ0n) is 12.0. The molecule has 0 saturated heterocycles. The molecule has 0 aromatic heterocycles. The molecule has 6 heteroatoms. The molecule has 0 aliphatic carbocycles. The number of aliphatic carboxylic acids is 1. The predicted octanol–water partition coefficient (Wildman–Crippen LogP) is 3.43. The molecule has 118 valence electrons. The quantitative estimate of drug-likeness (QED) is 0.748. The minimum atomic E-state index is -4.30. The minimum absolute atomic E-state index is 0.101. The highest BCUT2D eigenvalue weighted by Gasteiger charge is 2.30. The molecule has 0 heterocycles. The van der Waals surface area contributed by atoms with E-state index >= 15 is 0 Å². The SMILES string of the molecule is CN(CCCCc1cccc(C(F)(F)F)c1)CCC(=O)O. The Morgan fingerprint density at radius 3 is 2.57 bits per heavy atom. The van der Waals surface area contributed by atoms with Crippen LogP contribution in [-0.2, 0) is 17.4 Å². The van der Waals surface area contributed by atoms with Crippen molar-refractivity contribution in [1.29, 1.82) is 0 Å². The molecule has 1 rings (SSSR count). The first-order valence-electron chi connectivity index (χ1n) is 6.85. The van der Waals surface area contributed by atoms with Crippen molar-refractivity contribution < 1.29 is 23.1 Å². The Hall–Kier alpha value is -1.56. The maximum absolute atomic E-state index is 12.6. The summed E-state index contributed by atoms with van der Waals surface area (Å²) in [5, 5.41) is 8.56. The summed E-state index contributed by atoms with van der Waals surface area (Å²) >= 11 is 0. The number of rotatable bonds is 8. The summed E-state index contributed by atoms with van der Waals surface area (Å²) in [5.74, 6) is -0.828. The van der Waals surface area contributed by atoms with Gasteiger partial charge in [-0.25, -0.2) is 0 Å². The van der Waals surface area contributed by atoms with Gasteiger partial charge in [-0.2, -0.15) is 13.2 Å². The van der Waals surface area contributed by atoms with Gasteiger partial charge in [0.05, 0.1) is 12.0 Å². The zero-order chi connectivity index (χ0) is 15.9. The second kappa shape index (κ2) is 8.02. The Bertz CT molecular complexity index is 460. The number of unbranched alkanes of at least 4 members (excludes halogenated alkanes) is 1. The zero-order valence-corrected chi connectivity index (χ0v) is 12.0. The summed E-state index contributed by atoms with van der Waals surface area (Å²) in [6.07, 6.45) is -2.00. The van der Waals surface area contributed by atoms with Gasteiger partial charge < -0.3 is 10.0 Å². The largest absolute Gasteiger partial charge is 0.481 e. The fourth-order valence-corrected chi connectivity index (χ4v) is 2.01. The van der Waals surface area contributed by atoms with Crippen molar-refractivity contribution in [3.63, 3.8) is 0 Å². The van der Waals surface area contributed by atoms with E-state index in [9.17, 15) is 18.0 Å². The highest BCUT2D eigenvalue weighted by atomic mass is 19.4. The van der Waals surface area contributed by atoms with Gasteiger partial charge in [0.15, 0.2) is 0 Å². The van der Waals surface area contributed by atoms with Crippen LogP contribution in [0.3, 0.4) is 0 Å². The third-order valence-electron chi connectivity index (χ3n) is 3.22. The van der Waals surface area contributed by atoms with E-state index in [1.165, 1.54) is 12.1 Å². The molecule has 0 spiro atoms. The lowest BCUT2D eigenvalue weighted by Crippen LogP contribution is -2.23. The van der Waals surface area contributed by atoms with Crippen LogP contribution >= 0.6 is 0 Å². The smallest absolute Gasteiger partial charge is 0.416 e. The lowest BCUT2D eigenvalue weighted by atomic mass is 10.0. The van der Waals surface area contributed by atoms with Crippen LogP contribution in [0.5, 0.6) is 0 Å². The first-order valence-corrected chi connectivity index (χ1v) is 6.85. The number of aryl methyl sites for hydroxylation is 1. The number of hydrogen-bond donors (Lipinski definition) is 1. The number of carbonyl (C=O) groups is 1. The fraction of sp³-hybridized carbons (Fsp3) is 0.533. The summed E-state index contributed by atoms with van der Waals surface area (Å²) in [4.78, 5) is 12.3. The maximum atomic E-state index is 12.6. The monoisotopic (exact) mass is 303 g/mol. The van der Waals surface area contributed by atoms with Gasteiger partial charge in [0.1, 0.15) is 0 Å². The van der Waals surface area contributed by atoms with Gasteiger partial charge >= 0.3 is 12.1 Å². The van der Waals surface area contributed by atoms with E-state index in [0.29, 0.717) is 18.5 Å². The van der Waals surface area contributed by atoms with Crippen molar-refractivity contribution >= 4 is 5.97 Å². The Morgan fingerprint density at radius 1 is 1.24 bits per heavy atom. The number of carboxylic acid groups (broad SMARTS) is 1. The van der Waals surface area contributed by atoms with Gasteiger partial charge in [-0.1, -0.05) is 18.2 Å². The molecule has 0 aliphatic heterocycles. The molecule has 0 amide bonds. The molecule has 0 fully saturated rings. The van der Waals surface area contributed by atoms with E-state index in [0.717, 1.165) is 25.5 Å². The molecule has 21 heavy (non-hydrogen) atoms. The van der Waals surface area contributed by atoms with E-state index in [1.54, 1.807) is 6.07 Å². The van der Waals surface area contributed by atoms with E-state index < -0.39 is 17.7 Å². The third kappa shape index (κ3) is 7.13. The molecule has 0 saturated carbocycles. The third-order valence-corrected chi connectivity index (χ3v) is 3.22. The second-order valence-electron chi connectivity index (χ2n) is 5.10. The van der Waals surface area contributed by atoms with E-state index in [-0.39, 0.29) is 6.42 Å². The molecule has 0 unspecified atom stereocenters. The van der Waals surface area contributed by atoms with Crippen LogP contribution in [0.1, 0.15) is 30.4 Å². The molecule has 1 aromatic rings. The normalized spacial score (nSPS) is 11.9. The number of nitrogens with zero attached hydrogens (tertiary/aromatic N) is 1. The minimum Gasteiger partial charge on any atom is -0.481 e. The lowest BCUT2D eigenvalue weighted by molar-refractivity contribution is -0.138. The number of halogens is 3. The van der Waals surface area contributed by atoms with Gasteiger partial charge in [0.25, 0.3) is 0 Å². The van der Waals surface area contributed by atoms with Crippen molar-refractivity contribution in [1.82, 2.24) is 4.90 Å². The van der Waals surface area contributed by atoms with Crippen LogP contribution in [0.25, 0.3) is 0 Å². The maximum Gasteiger partial charge on any atom is 0.416 e. The molecule has 0 atom stereocenters. The average molecular weight is 303 g/mol. The number of hydrogen-bond acceptors (Lipinski definition) is 2. The Balaban J connectivity index is 2.31. The summed E-state index contributed by atoms with van der Waals surface area (Å²) in [7, 11) is 1.84. The van der Waals surface area contributed by atoms with E-state index in [4.69, 9.17) is 5.11 Å². The highest BCUT2D eigenvalue weighted by Crippen LogP contribution is 2.29. The Kier molecular flexibility index (Phi) is 6.68. The molecule has 3 nitrogen and oxygen atoms in total. The highest BCUT2D eigenvalue weighted by molar-refractivity contribution is 5.66. The first kappa shape index (κ1) is 17.5. The van der Waals surface area contributed by atoms with Crippen LogP contribution in [0.4, 0.5) is 13.2 Å². The Morgan fingerprint density at radius 2 is 1.95 bits per heavy atom. The fourth-order valence-electron chi connectivity index (χ4n) is 2.01. The van der Waals surface area contributed by atoms with Crippen LogP contribution in [-0.4, -0.2) is 36.1 Å². The number of benzene rings is 1. The van der Waals surface area contributed by atoms with Crippen LogP contribution in [0.2, 0.25) is 0 Å². The first-order chi connectivity index (χ1) is 9.79. The van der Waals surface area contributed by atoms with Crippen LogP contribution in [0.15, 0.2) is 24.3 Å². The number of alkyl halides is 3. The lowest BCUT2D eigenvalue weighted by Gasteiger charge is -2.15. The standard InChI is InChI=1S/C15H20F3NO2/c1-19(10-8-14(20)21)9-3-2-5-12-6-4-7-13(11-12)15(16,17)18/h4,6-7,11H,2-3,5,8-10H2,1H3,(H,20,21). The van der Waals surface area contributed by atoms with Crippen molar-refractivity contribution in [3.05, 3.63) is 35.4 Å². The van der Waals surface area contributed by atoms with Gasteiger partial charge in [-0.3, -0.25) is 4.79 Å². The van der Waals surface area contributed by atoms with Crippen molar-refractivity contribution in [2.24, 2.45) is 0 Å². The summed E-state index contributed by atoms with van der Waals surface area (Å²) < 4.78 is 37.7. The molecule has 1 aromatic carbocycles. The van der Waals surface area contributed by atoms with Gasteiger partial charge in [-0.15, -0.1) is 0 Å². The molecular weight excluding hydrogens is 283 g/mol. The summed E-state index contributed by atoms with van der Waals surface area (Å²) in [6.45, 7) is 1.23. The van der Waals surface area contributed by atoms with Gasteiger partial charge in [0.2, 0.25) is 0 Å². The molecule has 0 aliphatic rings. The van der Waals surface area contributed by atoms with E-state index in [2.05, 4.69) is 0 Å². The van der Waals surface area contributed by atoms with Crippen molar-refractivity contribution in [2.75, 3.05) is 20.1 Å². The molecule has 0 bridgehead atoms. The van der Waals surface area contributed by atoms with Crippen molar-refractivity contribution in [3.8, 4) is 0 Å². The van der Waals surface area contributed by atoms with Crippen LogP contribution < -0.4 is 0 Å². The van der Waals surface area contributed by atoms with Crippen LogP contribution in [0, 0.1) is 0 Å². The predicted molar refractivity (Wildman–Crippen MR) is 74.1 cm³/mol. The average Bonchev–Trinajstić information content (AvgIpc) is 2.41. The molecule has 1 N–H and O–H groups in total.